The van der Waals surface area contributed by atoms with Crippen molar-refractivity contribution in [2.45, 2.75) is 33.1 Å². The summed E-state index contributed by atoms with van der Waals surface area (Å²) in [6.45, 7) is 12.4. The molecule has 3 saturated heterocycles. The highest BCUT2D eigenvalue weighted by molar-refractivity contribution is 5.81. The van der Waals surface area contributed by atoms with Crippen LogP contribution in [0.5, 0.6) is 0 Å². The molecule has 2 amide bonds. The number of hydrogen-bond acceptors (Lipinski definition) is 4. The maximum atomic E-state index is 11.7. The Morgan fingerprint density at radius 1 is 1.22 bits per heavy atom. The van der Waals surface area contributed by atoms with Crippen molar-refractivity contribution in [1.29, 1.82) is 0 Å². The maximum Gasteiger partial charge on any atom is 0.220 e. The number of aliphatic imine (C=N–C) groups is 1. The lowest BCUT2D eigenvalue weighted by Crippen LogP contribution is -2.51. The van der Waals surface area contributed by atoms with E-state index in [9.17, 15) is 9.59 Å². The van der Waals surface area contributed by atoms with Gasteiger partial charge in [-0.05, 0) is 19.8 Å². The summed E-state index contributed by atoms with van der Waals surface area (Å²) in [6.07, 6.45) is 2.86. The molecule has 3 aliphatic heterocycles. The molecule has 8 nitrogen and oxygen atoms in total. The summed E-state index contributed by atoms with van der Waals surface area (Å²) in [4.78, 5) is 34.6. The highest BCUT2D eigenvalue weighted by Gasteiger charge is 2.42. The van der Waals surface area contributed by atoms with E-state index in [2.05, 4.69) is 27.4 Å². The van der Waals surface area contributed by atoms with Gasteiger partial charge < -0.3 is 20.4 Å². The molecule has 3 fully saturated rings. The number of carbonyl (C=O) groups is 2. The fourth-order valence-electron chi connectivity index (χ4n) is 4.44. The summed E-state index contributed by atoms with van der Waals surface area (Å²) in [5.74, 6) is 1.32. The van der Waals surface area contributed by atoms with E-state index in [0.717, 1.165) is 84.2 Å². The van der Waals surface area contributed by atoms with Crippen molar-refractivity contribution in [3.05, 3.63) is 0 Å². The first-order chi connectivity index (χ1) is 13.0. The van der Waals surface area contributed by atoms with E-state index in [1.165, 1.54) is 0 Å². The zero-order valence-electron chi connectivity index (χ0n) is 16.8. The smallest absolute Gasteiger partial charge is 0.220 e. The largest absolute Gasteiger partial charge is 0.357 e. The highest BCUT2D eigenvalue weighted by atomic mass is 16.2. The summed E-state index contributed by atoms with van der Waals surface area (Å²) >= 11 is 0. The van der Waals surface area contributed by atoms with Gasteiger partial charge in [-0.25, -0.2) is 0 Å². The quantitative estimate of drug-likeness (QED) is 0.519. The Labute approximate surface area is 162 Å². The van der Waals surface area contributed by atoms with Gasteiger partial charge in [0.2, 0.25) is 11.8 Å². The summed E-state index contributed by atoms with van der Waals surface area (Å²) in [7, 11) is 0. The maximum absolute atomic E-state index is 11.7. The SMILES string of the molecule is CCNC(=NCCN1CCN(C(C)=O)CC1)N1CCCC2(CNC(=O)C2)C1. The van der Waals surface area contributed by atoms with Crippen LogP contribution in [-0.4, -0.2) is 97.9 Å². The Bertz CT molecular complexity index is 573. The number of guanidine groups is 1. The van der Waals surface area contributed by atoms with E-state index >= 15 is 0 Å². The molecule has 152 valence electrons. The van der Waals surface area contributed by atoms with Crippen LogP contribution in [0.15, 0.2) is 4.99 Å². The number of rotatable bonds is 4. The number of likely N-dealkylation sites (tertiary alicyclic amines) is 1. The molecule has 1 spiro atoms. The summed E-state index contributed by atoms with van der Waals surface area (Å²) in [5, 5.41) is 6.44. The van der Waals surface area contributed by atoms with E-state index in [-0.39, 0.29) is 17.2 Å². The molecular formula is C19H34N6O2. The molecule has 0 aromatic rings. The Balaban J connectivity index is 1.52. The lowest BCUT2D eigenvalue weighted by molar-refractivity contribution is -0.130. The van der Waals surface area contributed by atoms with E-state index < -0.39 is 0 Å². The minimum Gasteiger partial charge on any atom is -0.357 e. The Morgan fingerprint density at radius 2 is 2.00 bits per heavy atom. The van der Waals surface area contributed by atoms with Crippen molar-refractivity contribution in [3.8, 4) is 0 Å². The molecule has 3 aliphatic rings. The molecule has 0 aromatic carbocycles. The first-order valence-corrected chi connectivity index (χ1v) is 10.3. The predicted molar refractivity (Wildman–Crippen MR) is 106 cm³/mol. The lowest BCUT2D eigenvalue weighted by atomic mass is 9.79. The van der Waals surface area contributed by atoms with Crippen molar-refractivity contribution < 1.29 is 9.59 Å². The molecule has 8 heteroatoms. The molecule has 0 radical (unpaired) electrons. The van der Waals surface area contributed by atoms with Gasteiger partial charge in [0, 0.05) is 77.7 Å². The molecule has 0 saturated carbocycles. The molecular weight excluding hydrogens is 344 g/mol. The van der Waals surface area contributed by atoms with Gasteiger partial charge in [0.25, 0.3) is 0 Å². The standard InChI is InChI=1S/C19H34N6O2/c1-3-20-18(21-6-8-23-9-11-24(12-10-23)16(2)26)25-7-4-5-19(15-25)13-17(27)22-14-19/h3-15H2,1-2H3,(H,20,21)(H,22,27). The molecule has 1 unspecified atom stereocenters. The Kier molecular flexibility index (Phi) is 6.57. The molecule has 27 heavy (non-hydrogen) atoms. The van der Waals surface area contributed by atoms with Gasteiger partial charge >= 0.3 is 0 Å². The minimum atomic E-state index is 0.0779. The fourth-order valence-corrected chi connectivity index (χ4v) is 4.44. The van der Waals surface area contributed by atoms with Gasteiger partial charge in [0.1, 0.15) is 0 Å². The van der Waals surface area contributed by atoms with Crippen LogP contribution in [0.3, 0.4) is 0 Å². The second kappa shape index (κ2) is 8.91. The lowest BCUT2D eigenvalue weighted by Gasteiger charge is -2.41. The van der Waals surface area contributed by atoms with Gasteiger partial charge in [0.15, 0.2) is 5.96 Å². The number of carbonyl (C=O) groups excluding carboxylic acids is 2. The third-order valence-electron chi connectivity index (χ3n) is 5.99. The van der Waals surface area contributed by atoms with Crippen LogP contribution in [0.4, 0.5) is 0 Å². The van der Waals surface area contributed by atoms with Crippen molar-refractivity contribution in [1.82, 2.24) is 25.3 Å². The van der Waals surface area contributed by atoms with Gasteiger partial charge in [-0.1, -0.05) is 0 Å². The molecule has 0 aromatic heterocycles. The highest BCUT2D eigenvalue weighted by Crippen LogP contribution is 2.35. The fraction of sp³-hybridized carbons (Fsp3) is 0.842. The van der Waals surface area contributed by atoms with Crippen LogP contribution in [0.25, 0.3) is 0 Å². The molecule has 3 heterocycles. The van der Waals surface area contributed by atoms with Gasteiger partial charge in [-0.2, -0.15) is 0 Å². The van der Waals surface area contributed by atoms with Gasteiger partial charge in [-0.15, -0.1) is 0 Å². The number of nitrogens with one attached hydrogen (secondary N) is 2. The molecule has 3 rings (SSSR count). The average molecular weight is 379 g/mol. The van der Waals surface area contributed by atoms with Crippen molar-refractivity contribution in [2.24, 2.45) is 10.4 Å². The van der Waals surface area contributed by atoms with Gasteiger partial charge in [-0.3, -0.25) is 19.5 Å². The molecule has 0 bridgehead atoms. The van der Waals surface area contributed by atoms with Crippen LogP contribution in [-0.2, 0) is 9.59 Å². The first kappa shape index (κ1) is 19.9. The van der Waals surface area contributed by atoms with E-state index in [0.29, 0.717) is 6.42 Å². The number of nitrogens with zero attached hydrogens (tertiary/aromatic N) is 4. The van der Waals surface area contributed by atoms with Crippen LogP contribution >= 0.6 is 0 Å². The first-order valence-electron chi connectivity index (χ1n) is 10.3. The average Bonchev–Trinajstić information content (AvgIpc) is 3.01. The topological polar surface area (TPSA) is 80.3 Å². The zero-order chi connectivity index (χ0) is 19.3. The number of piperazine rings is 1. The Hall–Kier alpha value is -1.83. The monoisotopic (exact) mass is 378 g/mol. The van der Waals surface area contributed by atoms with Crippen LogP contribution in [0, 0.1) is 5.41 Å². The summed E-state index contributed by atoms with van der Waals surface area (Å²) in [5.41, 5.74) is 0.0779. The number of piperidine rings is 1. The second-order valence-electron chi connectivity index (χ2n) is 8.06. The van der Waals surface area contributed by atoms with Crippen molar-refractivity contribution in [2.75, 3.05) is 65.4 Å². The summed E-state index contributed by atoms with van der Waals surface area (Å²) < 4.78 is 0. The number of amides is 2. The summed E-state index contributed by atoms with van der Waals surface area (Å²) in [6, 6.07) is 0. The third kappa shape index (κ3) is 5.12. The zero-order valence-corrected chi connectivity index (χ0v) is 16.8. The predicted octanol–water partition coefficient (Wildman–Crippen LogP) is -0.282. The Morgan fingerprint density at radius 3 is 2.63 bits per heavy atom. The normalized spacial score (nSPS) is 27.2. The number of hydrogen-bond donors (Lipinski definition) is 2. The van der Waals surface area contributed by atoms with E-state index in [1.54, 1.807) is 6.92 Å². The van der Waals surface area contributed by atoms with Gasteiger partial charge in [0.05, 0.1) is 6.54 Å². The van der Waals surface area contributed by atoms with Crippen molar-refractivity contribution >= 4 is 17.8 Å². The molecule has 2 N–H and O–H groups in total. The van der Waals surface area contributed by atoms with E-state index in [1.807, 2.05) is 4.90 Å². The minimum absolute atomic E-state index is 0.0779. The van der Waals surface area contributed by atoms with Crippen LogP contribution in [0.1, 0.15) is 33.1 Å². The third-order valence-corrected chi connectivity index (χ3v) is 5.99. The van der Waals surface area contributed by atoms with Crippen molar-refractivity contribution in [3.63, 3.8) is 0 Å². The second-order valence-corrected chi connectivity index (χ2v) is 8.06. The van der Waals surface area contributed by atoms with Crippen LogP contribution < -0.4 is 10.6 Å². The van der Waals surface area contributed by atoms with E-state index in [4.69, 9.17) is 4.99 Å². The molecule has 1 atom stereocenters. The molecule has 0 aliphatic carbocycles. The van der Waals surface area contributed by atoms with Crippen LogP contribution in [0.2, 0.25) is 0 Å².